The Balaban J connectivity index is 2.36. The Morgan fingerprint density at radius 2 is 2.00 bits per heavy atom. The van der Waals surface area contributed by atoms with Gasteiger partial charge in [-0.05, 0) is 17.7 Å². The molecule has 0 fully saturated rings. The molecule has 0 aliphatic rings. The summed E-state index contributed by atoms with van der Waals surface area (Å²) in [7, 11) is 0. The van der Waals surface area contributed by atoms with Crippen molar-refractivity contribution in [3.63, 3.8) is 0 Å². The Labute approximate surface area is 109 Å². The number of halogens is 2. The van der Waals surface area contributed by atoms with E-state index in [1.807, 2.05) is 0 Å². The van der Waals surface area contributed by atoms with Gasteiger partial charge in [0, 0.05) is 30.4 Å². The lowest BCUT2D eigenvalue weighted by Gasteiger charge is -2.22. The van der Waals surface area contributed by atoms with Crippen LogP contribution >= 0.6 is 0 Å². The highest BCUT2D eigenvalue weighted by Crippen LogP contribution is 2.31. The molecule has 2 unspecified atom stereocenters. The second kappa shape index (κ2) is 5.86. The third-order valence-electron chi connectivity index (χ3n) is 3.05. The highest BCUT2D eigenvalue weighted by molar-refractivity contribution is 5.27. The number of nitrogens with two attached hydrogens (primary N) is 1. The highest BCUT2D eigenvalue weighted by Gasteiger charge is 2.25. The van der Waals surface area contributed by atoms with Crippen molar-refractivity contribution in [2.24, 2.45) is 5.73 Å². The van der Waals surface area contributed by atoms with Crippen LogP contribution in [0.2, 0.25) is 0 Å². The minimum Gasteiger partial charge on any atom is -0.388 e. The van der Waals surface area contributed by atoms with E-state index in [1.54, 1.807) is 24.5 Å². The monoisotopic (exact) mass is 264 g/mol. The summed E-state index contributed by atoms with van der Waals surface area (Å²) in [6, 6.07) is 7.15. The zero-order valence-corrected chi connectivity index (χ0v) is 10.1. The van der Waals surface area contributed by atoms with Gasteiger partial charge in [0.25, 0.3) is 0 Å². The number of pyridine rings is 1. The Hall–Kier alpha value is -1.85. The summed E-state index contributed by atoms with van der Waals surface area (Å²) in [6.07, 6.45) is 1.93. The van der Waals surface area contributed by atoms with Gasteiger partial charge in [-0.1, -0.05) is 18.2 Å². The lowest BCUT2D eigenvalue weighted by molar-refractivity contribution is 0.142. The molecule has 3 nitrogen and oxygen atoms in total. The molecule has 1 aromatic heterocycles. The first-order chi connectivity index (χ1) is 9.15. The SMILES string of the molecule is NCC(c1cccnc1)C(O)c1cccc(F)c1F. The van der Waals surface area contributed by atoms with E-state index in [2.05, 4.69) is 4.98 Å². The molecule has 1 aromatic carbocycles. The van der Waals surface area contributed by atoms with Crippen LogP contribution in [0.25, 0.3) is 0 Å². The van der Waals surface area contributed by atoms with Crippen molar-refractivity contribution < 1.29 is 13.9 Å². The number of benzene rings is 1. The smallest absolute Gasteiger partial charge is 0.164 e. The number of hydrogen-bond acceptors (Lipinski definition) is 3. The molecule has 2 atom stereocenters. The molecule has 0 saturated carbocycles. The third-order valence-corrected chi connectivity index (χ3v) is 3.05. The number of aliphatic hydroxyl groups excluding tert-OH is 1. The van der Waals surface area contributed by atoms with Crippen LogP contribution in [0.5, 0.6) is 0 Å². The maximum atomic E-state index is 13.7. The van der Waals surface area contributed by atoms with Crippen LogP contribution in [-0.2, 0) is 0 Å². The molecule has 100 valence electrons. The first kappa shape index (κ1) is 13.6. The van der Waals surface area contributed by atoms with Gasteiger partial charge in [0.1, 0.15) is 0 Å². The normalized spacial score (nSPS) is 14.1. The molecule has 0 spiro atoms. The van der Waals surface area contributed by atoms with E-state index in [0.29, 0.717) is 5.56 Å². The van der Waals surface area contributed by atoms with E-state index in [4.69, 9.17) is 5.73 Å². The van der Waals surface area contributed by atoms with Crippen LogP contribution in [0.4, 0.5) is 8.78 Å². The molecule has 0 radical (unpaired) electrons. The van der Waals surface area contributed by atoms with Crippen molar-refractivity contribution >= 4 is 0 Å². The fourth-order valence-corrected chi connectivity index (χ4v) is 2.01. The number of nitrogens with zero attached hydrogens (tertiary/aromatic N) is 1. The van der Waals surface area contributed by atoms with Crippen LogP contribution in [0.15, 0.2) is 42.7 Å². The van der Waals surface area contributed by atoms with Gasteiger partial charge in [-0.3, -0.25) is 4.98 Å². The molecule has 2 aromatic rings. The van der Waals surface area contributed by atoms with Gasteiger partial charge in [0.2, 0.25) is 0 Å². The van der Waals surface area contributed by atoms with Crippen molar-refractivity contribution in [2.45, 2.75) is 12.0 Å². The Kier molecular flexibility index (Phi) is 4.19. The summed E-state index contributed by atoms with van der Waals surface area (Å²) in [5.41, 5.74) is 6.21. The first-order valence-corrected chi connectivity index (χ1v) is 5.87. The summed E-state index contributed by atoms with van der Waals surface area (Å²) in [5, 5.41) is 10.2. The third kappa shape index (κ3) is 2.77. The molecule has 5 heteroatoms. The number of aromatic nitrogens is 1. The predicted octanol–water partition coefficient (Wildman–Crippen LogP) is 2.14. The molecule has 3 N–H and O–H groups in total. The van der Waals surface area contributed by atoms with Crippen LogP contribution in [0.1, 0.15) is 23.1 Å². The quantitative estimate of drug-likeness (QED) is 0.889. The van der Waals surface area contributed by atoms with E-state index in [1.165, 1.54) is 12.1 Å². The van der Waals surface area contributed by atoms with Crippen LogP contribution < -0.4 is 5.73 Å². The summed E-state index contributed by atoms with van der Waals surface area (Å²) in [4.78, 5) is 3.94. The zero-order chi connectivity index (χ0) is 13.8. The van der Waals surface area contributed by atoms with Gasteiger partial charge < -0.3 is 10.8 Å². The summed E-state index contributed by atoms with van der Waals surface area (Å²) >= 11 is 0. The summed E-state index contributed by atoms with van der Waals surface area (Å²) in [5.74, 6) is -2.57. The fraction of sp³-hybridized carbons (Fsp3) is 0.214. The lowest BCUT2D eigenvalue weighted by Crippen LogP contribution is -2.21. The van der Waals surface area contributed by atoms with E-state index in [9.17, 15) is 13.9 Å². The van der Waals surface area contributed by atoms with Crippen LogP contribution in [0.3, 0.4) is 0 Å². The highest BCUT2D eigenvalue weighted by atomic mass is 19.2. The largest absolute Gasteiger partial charge is 0.388 e. The molecule has 19 heavy (non-hydrogen) atoms. The van der Waals surface area contributed by atoms with Crippen molar-refractivity contribution in [1.29, 1.82) is 0 Å². The van der Waals surface area contributed by atoms with E-state index in [-0.39, 0.29) is 12.1 Å². The summed E-state index contributed by atoms with van der Waals surface area (Å²) < 4.78 is 26.9. The second-order valence-electron chi connectivity index (χ2n) is 4.22. The zero-order valence-electron chi connectivity index (χ0n) is 10.1. The van der Waals surface area contributed by atoms with Gasteiger partial charge in [0.15, 0.2) is 11.6 Å². The molecular weight excluding hydrogens is 250 g/mol. The fourth-order valence-electron chi connectivity index (χ4n) is 2.01. The van der Waals surface area contributed by atoms with E-state index >= 15 is 0 Å². The van der Waals surface area contributed by atoms with Crippen molar-refractivity contribution in [1.82, 2.24) is 4.98 Å². The van der Waals surface area contributed by atoms with Crippen molar-refractivity contribution in [3.05, 3.63) is 65.5 Å². The standard InChI is InChI=1S/C14H14F2N2O/c15-12-5-1-4-10(13(12)16)14(19)11(7-17)9-3-2-6-18-8-9/h1-6,8,11,14,19H,7,17H2. The molecule has 0 bridgehead atoms. The second-order valence-corrected chi connectivity index (χ2v) is 4.22. The topological polar surface area (TPSA) is 59.1 Å². The molecule has 1 heterocycles. The molecule has 0 aliphatic heterocycles. The molecule has 0 saturated heterocycles. The summed E-state index contributed by atoms with van der Waals surface area (Å²) in [6.45, 7) is 0.100. The Bertz CT molecular complexity index is 548. The van der Waals surface area contributed by atoms with Gasteiger partial charge in [-0.25, -0.2) is 8.78 Å². The van der Waals surface area contributed by atoms with Gasteiger partial charge in [-0.15, -0.1) is 0 Å². The average Bonchev–Trinajstić information content (AvgIpc) is 2.44. The minimum absolute atomic E-state index is 0.0979. The van der Waals surface area contributed by atoms with Gasteiger partial charge in [0.05, 0.1) is 6.10 Å². The number of aliphatic hydroxyl groups is 1. The van der Waals surface area contributed by atoms with Crippen LogP contribution in [0, 0.1) is 11.6 Å². The maximum Gasteiger partial charge on any atom is 0.164 e. The maximum absolute atomic E-state index is 13.7. The number of hydrogen-bond donors (Lipinski definition) is 2. The lowest BCUT2D eigenvalue weighted by atomic mass is 9.90. The molecule has 0 aliphatic carbocycles. The Morgan fingerprint density at radius 3 is 2.63 bits per heavy atom. The minimum atomic E-state index is -1.22. The van der Waals surface area contributed by atoms with Crippen molar-refractivity contribution in [3.8, 4) is 0 Å². The van der Waals surface area contributed by atoms with E-state index in [0.717, 1.165) is 6.07 Å². The van der Waals surface area contributed by atoms with E-state index < -0.39 is 23.7 Å². The molecule has 0 amide bonds. The molecule has 2 rings (SSSR count). The Morgan fingerprint density at radius 1 is 1.21 bits per heavy atom. The predicted molar refractivity (Wildman–Crippen MR) is 67.4 cm³/mol. The van der Waals surface area contributed by atoms with Gasteiger partial charge in [-0.2, -0.15) is 0 Å². The first-order valence-electron chi connectivity index (χ1n) is 5.87. The van der Waals surface area contributed by atoms with Gasteiger partial charge >= 0.3 is 0 Å². The van der Waals surface area contributed by atoms with Crippen LogP contribution in [-0.4, -0.2) is 16.6 Å². The number of rotatable bonds is 4. The molecular formula is C14H14F2N2O. The average molecular weight is 264 g/mol. The van der Waals surface area contributed by atoms with Crippen molar-refractivity contribution in [2.75, 3.05) is 6.54 Å².